The summed E-state index contributed by atoms with van der Waals surface area (Å²) in [7, 11) is 0. The van der Waals surface area contributed by atoms with E-state index in [1.165, 1.54) is 5.57 Å². The lowest BCUT2D eigenvalue weighted by Gasteiger charge is -2.48. The van der Waals surface area contributed by atoms with Crippen LogP contribution in [0.1, 0.15) is 71.1 Å². The van der Waals surface area contributed by atoms with Crippen molar-refractivity contribution in [1.29, 1.82) is 0 Å². The van der Waals surface area contributed by atoms with Crippen LogP contribution in [0, 0.1) is 29.6 Å². The standard InChI is InChI=1S/C21H32O4/c1-2-3-4-8-16(22)10-11-18-19-14-15(7-5-6-9-21(24)25)17(19)12-13-20(18)23/h7,16-20,22-23H,2-6,8-9,12-14H2,1H3,(H,24,25)/b15-7-/t16?,17-,18-,19+,20-/m1/s1. The molecule has 0 aromatic carbocycles. The van der Waals surface area contributed by atoms with Crippen molar-refractivity contribution in [2.45, 2.75) is 83.3 Å². The van der Waals surface area contributed by atoms with Crippen LogP contribution in [0.2, 0.25) is 0 Å². The molecule has 0 amide bonds. The zero-order chi connectivity index (χ0) is 18.2. The van der Waals surface area contributed by atoms with Crippen molar-refractivity contribution in [1.82, 2.24) is 0 Å². The van der Waals surface area contributed by atoms with Crippen molar-refractivity contribution in [3.8, 4) is 11.8 Å². The first-order valence-corrected chi connectivity index (χ1v) is 9.80. The topological polar surface area (TPSA) is 77.8 Å². The van der Waals surface area contributed by atoms with E-state index in [0.29, 0.717) is 24.7 Å². The van der Waals surface area contributed by atoms with Crippen molar-refractivity contribution in [2.75, 3.05) is 0 Å². The van der Waals surface area contributed by atoms with Gasteiger partial charge in [-0.2, -0.15) is 0 Å². The number of aliphatic hydroxyl groups excluding tert-OH is 2. The molecule has 2 aliphatic carbocycles. The van der Waals surface area contributed by atoms with Gasteiger partial charge in [-0.05, 0) is 56.8 Å². The van der Waals surface area contributed by atoms with Crippen molar-refractivity contribution in [3.05, 3.63) is 11.6 Å². The summed E-state index contributed by atoms with van der Waals surface area (Å²) >= 11 is 0. The molecular weight excluding hydrogens is 316 g/mol. The number of unbranched alkanes of at least 4 members (excludes halogenated alkanes) is 3. The number of allylic oxidation sites excluding steroid dienone is 2. The molecule has 0 aromatic rings. The summed E-state index contributed by atoms with van der Waals surface area (Å²) in [6.45, 7) is 2.14. The first-order valence-electron chi connectivity index (χ1n) is 9.80. The zero-order valence-electron chi connectivity index (χ0n) is 15.3. The fourth-order valence-electron chi connectivity index (χ4n) is 4.10. The van der Waals surface area contributed by atoms with Crippen LogP contribution in [0.5, 0.6) is 0 Å². The monoisotopic (exact) mass is 348 g/mol. The molecule has 0 aromatic heterocycles. The van der Waals surface area contributed by atoms with Crippen molar-refractivity contribution < 1.29 is 20.1 Å². The summed E-state index contributed by atoms with van der Waals surface area (Å²) in [6.07, 6.45) is 9.64. The lowest BCUT2D eigenvalue weighted by Crippen LogP contribution is -2.44. The second kappa shape index (κ2) is 9.99. The van der Waals surface area contributed by atoms with E-state index < -0.39 is 12.1 Å². The molecule has 2 aliphatic rings. The van der Waals surface area contributed by atoms with E-state index in [4.69, 9.17) is 5.11 Å². The van der Waals surface area contributed by atoms with E-state index in [1.807, 2.05) is 0 Å². The van der Waals surface area contributed by atoms with Gasteiger partial charge in [0, 0.05) is 6.42 Å². The molecule has 2 fully saturated rings. The maximum atomic E-state index is 10.6. The average molecular weight is 348 g/mol. The maximum absolute atomic E-state index is 10.6. The number of fused-ring (bicyclic) bond motifs is 1. The fourth-order valence-corrected chi connectivity index (χ4v) is 4.10. The van der Waals surface area contributed by atoms with E-state index in [1.54, 1.807) is 0 Å². The van der Waals surface area contributed by atoms with E-state index in [0.717, 1.165) is 44.9 Å². The largest absolute Gasteiger partial charge is 0.481 e. The molecule has 2 saturated carbocycles. The van der Waals surface area contributed by atoms with Crippen molar-refractivity contribution >= 4 is 5.97 Å². The van der Waals surface area contributed by atoms with Gasteiger partial charge in [-0.3, -0.25) is 4.79 Å². The molecule has 0 saturated heterocycles. The Morgan fingerprint density at radius 1 is 1.32 bits per heavy atom. The molecule has 2 rings (SSSR count). The molecule has 140 valence electrons. The Morgan fingerprint density at radius 3 is 2.84 bits per heavy atom. The summed E-state index contributed by atoms with van der Waals surface area (Å²) in [5.41, 5.74) is 1.41. The number of aliphatic hydroxyl groups is 2. The van der Waals surface area contributed by atoms with Crippen LogP contribution in [-0.4, -0.2) is 33.5 Å². The minimum Gasteiger partial charge on any atom is -0.481 e. The van der Waals surface area contributed by atoms with Crippen molar-refractivity contribution in [2.24, 2.45) is 17.8 Å². The number of carboxylic acids is 1. The highest BCUT2D eigenvalue weighted by molar-refractivity contribution is 5.66. The van der Waals surface area contributed by atoms with Gasteiger partial charge in [-0.1, -0.05) is 43.3 Å². The maximum Gasteiger partial charge on any atom is 0.303 e. The Kier molecular flexibility index (Phi) is 7.99. The molecule has 0 heterocycles. The Bertz CT molecular complexity index is 528. The summed E-state index contributed by atoms with van der Waals surface area (Å²) in [6, 6.07) is 0. The Labute approximate surface area is 151 Å². The van der Waals surface area contributed by atoms with Gasteiger partial charge < -0.3 is 15.3 Å². The summed E-state index contributed by atoms with van der Waals surface area (Å²) in [5.74, 6) is 6.26. The number of aliphatic carboxylic acids is 1. The highest BCUT2D eigenvalue weighted by Crippen LogP contribution is 2.51. The molecule has 3 N–H and O–H groups in total. The Hall–Kier alpha value is -1.31. The Morgan fingerprint density at radius 2 is 2.12 bits per heavy atom. The van der Waals surface area contributed by atoms with E-state index >= 15 is 0 Å². The summed E-state index contributed by atoms with van der Waals surface area (Å²) < 4.78 is 0. The summed E-state index contributed by atoms with van der Waals surface area (Å²) in [5, 5.41) is 29.0. The molecular formula is C21H32O4. The van der Waals surface area contributed by atoms with Crippen LogP contribution in [0.3, 0.4) is 0 Å². The third-order valence-electron chi connectivity index (χ3n) is 5.61. The van der Waals surface area contributed by atoms with Gasteiger partial charge in [0.25, 0.3) is 0 Å². The number of carbonyl (C=O) groups is 1. The van der Waals surface area contributed by atoms with Gasteiger partial charge >= 0.3 is 5.97 Å². The molecule has 0 spiro atoms. The van der Waals surface area contributed by atoms with Gasteiger partial charge in [-0.25, -0.2) is 0 Å². The van der Waals surface area contributed by atoms with Crippen LogP contribution in [0.15, 0.2) is 11.6 Å². The van der Waals surface area contributed by atoms with Crippen LogP contribution in [0.4, 0.5) is 0 Å². The number of hydrogen-bond donors (Lipinski definition) is 3. The van der Waals surface area contributed by atoms with Gasteiger partial charge in [-0.15, -0.1) is 0 Å². The second-order valence-corrected chi connectivity index (χ2v) is 7.51. The van der Waals surface area contributed by atoms with Crippen LogP contribution < -0.4 is 0 Å². The first kappa shape index (κ1) is 20.0. The van der Waals surface area contributed by atoms with Crippen LogP contribution in [-0.2, 0) is 4.79 Å². The smallest absolute Gasteiger partial charge is 0.303 e. The zero-order valence-corrected chi connectivity index (χ0v) is 15.3. The number of rotatable bonds is 8. The Balaban J connectivity index is 1.85. The molecule has 25 heavy (non-hydrogen) atoms. The quantitative estimate of drug-likeness (QED) is 0.356. The van der Waals surface area contributed by atoms with Crippen molar-refractivity contribution in [3.63, 3.8) is 0 Å². The van der Waals surface area contributed by atoms with Gasteiger partial charge in [0.05, 0.1) is 12.0 Å². The lowest BCUT2D eigenvalue weighted by atomic mass is 9.57. The highest BCUT2D eigenvalue weighted by atomic mass is 16.4. The molecule has 4 nitrogen and oxygen atoms in total. The minimum absolute atomic E-state index is 0.0317. The third kappa shape index (κ3) is 5.87. The van der Waals surface area contributed by atoms with Crippen LogP contribution >= 0.6 is 0 Å². The SMILES string of the molecule is CCCCCC(O)C#C[C@@H]1[C@H]2C/C(=C/CCCC(=O)O)[C@H]2CC[C@H]1O. The second-order valence-electron chi connectivity index (χ2n) is 7.51. The first-order chi connectivity index (χ1) is 12.0. The van der Waals surface area contributed by atoms with E-state index in [9.17, 15) is 15.0 Å². The fraction of sp³-hybridized carbons (Fsp3) is 0.762. The highest BCUT2D eigenvalue weighted by Gasteiger charge is 2.46. The normalized spacial score (nSPS) is 30.8. The minimum atomic E-state index is -0.737. The van der Waals surface area contributed by atoms with Gasteiger partial charge in [0.1, 0.15) is 6.10 Å². The predicted molar refractivity (Wildman–Crippen MR) is 97.8 cm³/mol. The average Bonchev–Trinajstić information content (AvgIpc) is 2.54. The molecule has 4 heteroatoms. The van der Waals surface area contributed by atoms with Crippen LogP contribution in [0.25, 0.3) is 0 Å². The summed E-state index contributed by atoms with van der Waals surface area (Å²) in [4.78, 5) is 10.6. The van der Waals surface area contributed by atoms with E-state index in [-0.39, 0.29) is 18.4 Å². The lowest BCUT2D eigenvalue weighted by molar-refractivity contribution is -0.137. The number of carboxylic acid groups (broad SMARTS) is 1. The third-order valence-corrected chi connectivity index (χ3v) is 5.61. The van der Waals surface area contributed by atoms with Gasteiger partial charge in [0.15, 0.2) is 0 Å². The predicted octanol–water partition coefficient (Wildman–Crippen LogP) is 3.52. The van der Waals surface area contributed by atoms with E-state index in [2.05, 4.69) is 24.8 Å². The molecule has 1 unspecified atom stereocenters. The van der Waals surface area contributed by atoms with Gasteiger partial charge in [0.2, 0.25) is 0 Å². The molecule has 5 atom stereocenters. The number of hydrogen-bond acceptors (Lipinski definition) is 3. The molecule has 0 radical (unpaired) electrons. The molecule has 0 bridgehead atoms. The molecule has 0 aliphatic heterocycles.